The van der Waals surface area contributed by atoms with E-state index in [0.717, 1.165) is 5.69 Å². The normalized spacial score (nSPS) is 16.1. The van der Waals surface area contributed by atoms with E-state index in [1.165, 1.54) is 32.8 Å². The van der Waals surface area contributed by atoms with Crippen LogP contribution in [0.2, 0.25) is 0 Å². The van der Waals surface area contributed by atoms with Crippen molar-refractivity contribution in [1.29, 1.82) is 0 Å². The van der Waals surface area contributed by atoms with Crippen molar-refractivity contribution in [3.05, 3.63) is 18.0 Å². The lowest BCUT2D eigenvalue weighted by Crippen LogP contribution is -2.19. The van der Waals surface area contributed by atoms with Gasteiger partial charge >= 0.3 is 5.97 Å². The molecular weight excluding hydrogens is 230 g/mol. The number of aromatic nitrogens is 2. The molecule has 0 spiro atoms. The molecule has 1 aromatic rings. The third-order valence-corrected chi connectivity index (χ3v) is 3.40. The van der Waals surface area contributed by atoms with Crippen LogP contribution in [0.5, 0.6) is 0 Å². The first-order valence-corrected chi connectivity index (χ1v) is 6.61. The molecule has 0 saturated heterocycles. The monoisotopic (exact) mass is 251 g/mol. The van der Waals surface area contributed by atoms with Crippen molar-refractivity contribution in [1.82, 2.24) is 15.1 Å². The van der Waals surface area contributed by atoms with E-state index >= 15 is 0 Å². The molecule has 100 valence electrons. The molecule has 1 fully saturated rings. The fraction of sp³-hybridized carbons (Fsp3) is 0.692. The third kappa shape index (κ3) is 3.57. The zero-order valence-corrected chi connectivity index (χ0v) is 10.9. The van der Waals surface area contributed by atoms with E-state index in [9.17, 15) is 4.79 Å². The second kappa shape index (κ2) is 6.54. The Labute approximate surface area is 108 Å². The van der Waals surface area contributed by atoms with Gasteiger partial charge in [0.2, 0.25) is 0 Å². The predicted octanol–water partition coefficient (Wildman–Crippen LogP) is 1.65. The molecular formula is C13H21N3O2. The Morgan fingerprint density at radius 3 is 3.06 bits per heavy atom. The van der Waals surface area contributed by atoms with Crippen LogP contribution in [0, 0.1) is 0 Å². The summed E-state index contributed by atoms with van der Waals surface area (Å²) in [4.78, 5) is 10.9. The standard InChI is InChI=1S/C13H21N3O2/c1-18-13(17)6-8-14-10-11-7-9-16(15-11)12-4-2-3-5-12/h7,9,12,14H,2-6,8,10H2,1H3. The summed E-state index contributed by atoms with van der Waals surface area (Å²) in [6.07, 6.45) is 7.59. The van der Waals surface area contributed by atoms with Crippen molar-refractivity contribution in [3.63, 3.8) is 0 Å². The SMILES string of the molecule is COC(=O)CCNCc1ccn(C2CCCC2)n1. The van der Waals surface area contributed by atoms with E-state index < -0.39 is 0 Å². The number of ether oxygens (including phenoxy) is 1. The lowest BCUT2D eigenvalue weighted by atomic mass is 10.3. The van der Waals surface area contributed by atoms with Gasteiger partial charge in [-0.15, -0.1) is 0 Å². The van der Waals surface area contributed by atoms with Crippen molar-refractivity contribution < 1.29 is 9.53 Å². The summed E-state index contributed by atoms with van der Waals surface area (Å²) in [5.41, 5.74) is 1.03. The van der Waals surface area contributed by atoms with E-state index in [4.69, 9.17) is 0 Å². The Kier molecular flexibility index (Phi) is 4.75. The molecule has 5 nitrogen and oxygen atoms in total. The maximum absolute atomic E-state index is 10.9. The molecule has 1 saturated carbocycles. The van der Waals surface area contributed by atoms with Gasteiger partial charge < -0.3 is 10.1 Å². The molecule has 18 heavy (non-hydrogen) atoms. The van der Waals surface area contributed by atoms with Crippen LogP contribution in [-0.2, 0) is 16.1 Å². The van der Waals surface area contributed by atoms with Crippen molar-refractivity contribution in [2.75, 3.05) is 13.7 Å². The minimum absolute atomic E-state index is 0.181. The molecule has 2 rings (SSSR count). The number of nitrogens with one attached hydrogen (secondary N) is 1. The molecule has 1 aliphatic rings. The summed E-state index contributed by atoms with van der Waals surface area (Å²) in [5, 5.41) is 7.76. The average Bonchev–Trinajstić information content (AvgIpc) is 3.04. The largest absolute Gasteiger partial charge is 0.469 e. The highest BCUT2D eigenvalue weighted by Crippen LogP contribution is 2.28. The number of esters is 1. The molecule has 1 aromatic heterocycles. The molecule has 5 heteroatoms. The first kappa shape index (κ1) is 13.1. The fourth-order valence-corrected chi connectivity index (χ4v) is 2.35. The molecule has 1 aliphatic carbocycles. The average molecular weight is 251 g/mol. The second-order valence-electron chi connectivity index (χ2n) is 4.73. The lowest BCUT2D eigenvalue weighted by Gasteiger charge is -2.08. The van der Waals surface area contributed by atoms with Crippen molar-refractivity contribution in [2.24, 2.45) is 0 Å². The topological polar surface area (TPSA) is 56.1 Å². The summed E-state index contributed by atoms with van der Waals surface area (Å²) in [7, 11) is 1.41. The first-order chi connectivity index (χ1) is 8.79. The van der Waals surface area contributed by atoms with Gasteiger partial charge in [0.25, 0.3) is 0 Å². The van der Waals surface area contributed by atoms with Crippen LogP contribution in [0.15, 0.2) is 12.3 Å². The molecule has 0 bridgehead atoms. The molecule has 0 amide bonds. The van der Waals surface area contributed by atoms with Crippen LogP contribution in [-0.4, -0.2) is 29.4 Å². The minimum atomic E-state index is -0.181. The Morgan fingerprint density at radius 2 is 2.33 bits per heavy atom. The maximum Gasteiger partial charge on any atom is 0.306 e. The van der Waals surface area contributed by atoms with E-state index in [-0.39, 0.29) is 5.97 Å². The molecule has 0 aliphatic heterocycles. The predicted molar refractivity (Wildman–Crippen MR) is 68.1 cm³/mol. The summed E-state index contributed by atoms with van der Waals surface area (Å²) < 4.78 is 6.66. The van der Waals surface area contributed by atoms with Crippen LogP contribution >= 0.6 is 0 Å². The molecule has 0 atom stereocenters. The summed E-state index contributed by atoms with van der Waals surface area (Å²) in [6, 6.07) is 2.64. The number of hydrogen-bond donors (Lipinski definition) is 1. The third-order valence-electron chi connectivity index (χ3n) is 3.40. The van der Waals surface area contributed by atoms with Crippen LogP contribution in [0.1, 0.15) is 43.8 Å². The number of methoxy groups -OCH3 is 1. The molecule has 0 aromatic carbocycles. The Balaban J connectivity index is 1.71. The van der Waals surface area contributed by atoms with E-state index in [2.05, 4.69) is 26.0 Å². The van der Waals surface area contributed by atoms with Gasteiger partial charge in [0.1, 0.15) is 0 Å². The smallest absolute Gasteiger partial charge is 0.306 e. The summed E-state index contributed by atoms with van der Waals surface area (Å²) >= 11 is 0. The van der Waals surface area contributed by atoms with Crippen LogP contribution in [0.4, 0.5) is 0 Å². The van der Waals surface area contributed by atoms with Crippen molar-refractivity contribution in [2.45, 2.75) is 44.7 Å². The fourth-order valence-electron chi connectivity index (χ4n) is 2.35. The molecule has 1 N–H and O–H groups in total. The van der Waals surface area contributed by atoms with Crippen molar-refractivity contribution >= 4 is 5.97 Å². The molecule has 0 radical (unpaired) electrons. The number of nitrogens with zero attached hydrogens (tertiary/aromatic N) is 2. The highest BCUT2D eigenvalue weighted by atomic mass is 16.5. The zero-order chi connectivity index (χ0) is 12.8. The van der Waals surface area contributed by atoms with Gasteiger partial charge in [0.15, 0.2) is 0 Å². The Hall–Kier alpha value is -1.36. The second-order valence-corrected chi connectivity index (χ2v) is 4.73. The molecule has 1 heterocycles. The number of carbonyl (C=O) groups is 1. The quantitative estimate of drug-likeness (QED) is 0.617. The van der Waals surface area contributed by atoms with Gasteiger partial charge in [-0.2, -0.15) is 5.10 Å². The van der Waals surface area contributed by atoms with E-state index in [0.29, 0.717) is 25.6 Å². The lowest BCUT2D eigenvalue weighted by molar-refractivity contribution is -0.140. The van der Waals surface area contributed by atoms with Gasteiger partial charge in [-0.05, 0) is 18.9 Å². The van der Waals surface area contributed by atoms with E-state index in [1.807, 2.05) is 6.07 Å². The summed E-state index contributed by atoms with van der Waals surface area (Å²) in [5.74, 6) is -0.181. The minimum Gasteiger partial charge on any atom is -0.469 e. The Bertz CT molecular complexity index is 383. The first-order valence-electron chi connectivity index (χ1n) is 6.61. The highest BCUT2D eigenvalue weighted by Gasteiger charge is 2.17. The van der Waals surface area contributed by atoms with Crippen LogP contribution in [0.25, 0.3) is 0 Å². The van der Waals surface area contributed by atoms with Gasteiger partial charge in [-0.3, -0.25) is 9.48 Å². The van der Waals surface area contributed by atoms with E-state index in [1.54, 1.807) is 0 Å². The van der Waals surface area contributed by atoms with Gasteiger partial charge in [-0.25, -0.2) is 0 Å². The number of rotatable bonds is 6. The molecule has 0 unspecified atom stereocenters. The Morgan fingerprint density at radius 1 is 1.56 bits per heavy atom. The van der Waals surface area contributed by atoms with Crippen molar-refractivity contribution in [3.8, 4) is 0 Å². The van der Waals surface area contributed by atoms with Crippen LogP contribution in [0.3, 0.4) is 0 Å². The maximum atomic E-state index is 10.9. The van der Waals surface area contributed by atoms with Crippen LogP contribution < -0.4 is 5.32 Å². The van der Waals surface area contributed by atoms with Gasteiger partial charge in [0.05, 0.1) is 25.3 Å². The highest BCUT2D eigenvalue weighted by molar-refractivity contribution is 5.69. The number of hydrogen-bond acceptors (Lipinski definition) is 4. The zero-order valence-electron chi connectivity index (χ0n) is 10.9. The van der Waals surface area contributed by atoms with Gasteiger partial charge in [-0.1, -0.05) is 12.8 Å². The van der Waals surface area contributed by atoms with Gasteiger partial charge in [0, 0.05) is 19.3 Å². The summed E-state index contributed by atoms with van der Waals surface area (Å²) in [6.45, 7) is 1.33. The number of carbonyl (C=O) groups excluding carboxylic acids is 1.